The zero-order chi connectivity index (χ0) is 19.2. The van der Waals surface area contributed by atoms with Gasteiger partial charge in [-0.1, -0.05) is 30.3 Å². The van der Waals surface area contributed by atoms with E-state index >= 15 is 0 Å². The van der Waals surface area contributed by atoms with E-state index in [9.17, 15) is 4.79 Å². The van der Waals surface area contributed by atoms with Crippen LogP contribution in [0, 0.1) is 5.92 Å². The highest BCUT2D eigenvalue weighted by Crippen LogP contribution is 2.24. The zero-order valence-corrected chi connectivity index (χ0v) is 16.0. The summed E-state index contributed by atoms with van der Waals surface area (Å²) < 4.78 is 0. The highest BCUT2D eigenvalue weighted by Gasteiger charge is 2.23. The minimum absolute atomic E-state index is 0.0929. The summed E-state index contributed by atoms with van der Waals surface area (Å²) in [6.45, 7) is 1.68. The van der Waals surface area contributed by atoms with Crippen molar-refractivity contribution in [3.8, 4) is 11.3 Å². The fourth-order valence-corrected chi connectivity index (χ4v) is 3.84. The molecule has 0 aliphatic carbocycles. The van der Waals surface area contributed by atoms with Crippen molar-refractivity contribution >= 4 is 5.91 Å². The molecule has 0 saturated carbocycles. The molecule has 0 spiro atoms. The quantitative estimate of drug-likeness (QED) is 0.657. The van der Waals surface area contributed by atoms with E-state index in [2.05, 4.69) is 40.3 Å². The lowest BCUT2D eigenvalue weighted by molar-refractivity contribution is 0.0686. The smallest absolute Gasteiger partial charge is 0.255 e. The molecule has 3 aromatic rings. The van der Waals surface area contributed by atoms with Crippen LogP contribution in [-0.2, 0) is 6.42 Å². The summed E-state index contributed by atoms with van der Waals surface area (Å²) in [5.74, 6) is 0.798. The van der Waals surface area contributed by atoms with Gasteiger partial charge in [-0.15, -0.1) is 0 Å². The number of hydrogen-bond acceptors (Lipinski definition) is 3. The fraction of sp³-hybridized carbons (Fsp3) is 0.292. The average Bonchev–Trinajstić information content (AvgIpc) is 2.79. The molecule has 0 unspecified atom stereocenters. The molecule has 0 bridgehead atoms. The molecule has 28 heavy (non-hydrogen) atoms. The molecule has 0 atom stereocenters. The van der Waals surface area contributed by atoms with Gasteiger partial charge < -0.3 is 4.90 Å². The second-order valence-corrected chi connectivity index (χ2v) is 7.43. The van der Waals surface area contributed by atoms with Crippen LogP contribution in [0.25, 0.3) is 11.3 Å². The van der Waals surface area contributed by atoms with Gasteiger partial charge in [0.05, 0.1) is 11.3 Å². The van der Waals surface area contributed by atoms with Crippen molar-refractivity contribution in [1.82, 2.24) is 14.9 Å². The molecule has 1 aliphatic heterocycles. The molecule has 2 aromatic heterocycles. The van der Waals surface area contributed by atoms with E-state index in [1.54, 1.807) is 18.6 Å². The van der Waals surface area contributed by atoms with Gasteiger partial charge in [-0.3, -0.25) is 14.8 Å². The summed E-state index contributed by atoms with van der Waals surface area (Å²) >= 11 is 0. The number of carbonyl (C=O) groups excluding carboxylic acids is 1. The number of rotatable bonds is 5. The van der Waals surface area contributed by atoms with Crippen LogP contribution in [0.2, 0.25) is 0 Å². The van der Waals surface area contributed by atoms with Crippen molar-refractivity contribution in [3.05, 3.63) is 84.3 Å². The van der Waals surface area contributed by atoms with E-state index in [0.29, 0.717) is 11.5 Å². The van der Waals surface area contributed by atoms with E-state index in [1.807, 2.05) is 29.2 Å². The molecule has 0 radical (unpaired) electrons. The number of likely N-dealkylation sites (tertiary alicyclic amines) is 1. The number of aryl methyl sites for hydroxylation is 1. The zero-order valence-electron chi connectivity index (χ0n) is 16.0. The standard InChI is InChI=1S/C24H25N3O/c28-24(22-8-9-23(26-18-22)21-10-14-25-15-11-21)27-16-12-20(13-17-27)7-6-19-4-2-1-3-5-19/h1-5,8-11,14-15,18,20H,6-7,12-13,16-17H2. The molecule has 1 saturated heterocycles. The lowest BCUT2D eigenvalue weighted by Gasteiger charge is -2.32. The number of nitrogens with zero attached hydrogens (tertiary/aromatic N) is 3. The van der Waals surface area contributed by atoms with Crippen molar-refractivity contribution in [2.45, 2.75) is 25.7 Å². The van der Waals surface area contributed by atoms with Crippen molar-refractivity contribution in [1.29, 1.82) is 0 Å². The Morgan fingerprint density at radius 3 is 2.39 bits per heavy atom. The Kier molecular flexibility index (Phi) is 5.76. The third-order valence-electron chi connectivity index (χ3n) is 5.57. The van der Waals surface area contributed by atoms with E-state index in [0.717, 1.165) is 43.6 Å². The van der Waals surface area contributed by atoms with Crippen LogP contribution in [0.4, 0.5) is 0 Å². The van der Waals surface area contributed by atoms with Crippen molar-refractivity contribution in [2.24, 2.45) is 5.92 Å². The lowest BCUT2D eigenvalue weighted by atomic mass is 9.90. The van der Waals surface area contributed by atoms with Gasteiger partial charge in [0.15, 0.2) is 0 Å². The highest BCUT2D eigenvalue weighted by molar-refractivity contribution is 5.94. The third kappa shape index (κ3) is 4.45. The molecule has 1 amide bonds. The first-order valence-corrected chi connectivity index (χ1v) is 9.99. The molecule has 4 rings (SSSR count). The summed E-state index contributed by atoms with van der Waals surface area (Å²) in [5, 5.41) is 0. The molecule has 1 aliphatic rings. The summed E-state index contributed by atoms with van der Waals surface area (Å²) in [6, 6.07) is 18.3. The Labute approximate surface area is 166 Å². The van der Waals surface area contributed by atoms with Gasteiger partial charge in [0.25, 0.3) is 5.91 Å². The molecular weight excluding hydrogens is 346 g/mol. The van der Waals surface area contributed by atoms with Crippen LogP contribution >= 0.6 is 0 Å². The predicted octanol–water partition coefficient (Wildman–Crippen LogP) is 4.63. The van der Waals surface area contributed by atoms with Crippen LogP contribution < -0.4 is 0 Å². The molecular formula is C24H25N3O. The minimum atomic E-state index is 0.0929. The SMILES string of the molecule is O=C(c1ccc(-c2ccncc2)nc1)N1CCC(CCc2ccccc2)CC1. The van der Waals surface area contributed by atoms with Gasteiger partial charge in [-0.05, 0) is 61.4 Å². The first-order valence-electron chi connectivity index (χ1n) is 9.99. The summed E-state index contributed by atoms with van der Waals surface area (Å²) in [6.07, 6.45) is 9.69. The maximum absolute atomic E-state index is 12.8. The first-order chi connectivity index (χ1) is 13.8. The van der Waals surface area contributed by atoms with Crippen molar-refractivity contribution < 1.29 is 4.79 Å². The van der Waals surface area contributed by atoms with E-state index < -0.39 is 0 Å². The summed E-state index contributed by atoms with van der Waals surface area (Å²) in [7, 11) is 0. The Morgan fingerprint density at radius 1 is 0.964 bits per heavy atom. The normalized spacial score (nSPS) is 14.8. The lowest BCUT2D eigenvalue weighted by Crippen LogP contribution is -2.38. The molecule has 1 aromatic carbocycles. The summed E-state index contributed by atoms with van der Waals surface area (Å²) in [5.41, 5.74) is 3.94. The van der Waals surface area contributed by atoms with E-state index in [-0.39, 0.29) is 5.91 Å². The molecule has 1 fully saturated rings. The monoisotopic (exact) mass is 371 g/mol. The molecule has 4 heteroatoms. The first kappa shape index (κ1) is 18.4. The number of hydrogen-bond donors (Lipinski definition) is 0. The van der Waals surface area contributed by atoms with Crippen LogP contribution in [0.1, 0.15) is 35.2 Å². The van der Waals surface area contributed by atoms with Gasteiger partial charge in [-0.2, -0.15) is 0 Å². The number of benzene rings is 1. The van der Waals surface area contributed by atoms with Crippen molar-refractivity contribution in [3.63, 3.8) is 0 Å². The van der Waals surface area contributed by atoms with Gasteiger partial charge in [-0.25, -0.2) is 0 Å². The molecule has 4 nitrogen and oxygen atoms in total. The van der Waals surface area contributed by atoms with Crippen LogP contribution in [-0.4, -0.2) is 33.9 Å². The summed E-state index contributed by atoms with van der Waals surface area (Å²) in [4.78, 5) is 23.3. The number of carbonyl (C=O) groups is 1. The number of aromatic nitrogens is 2. The second kappa shape index (κ2) is 8.79. The van der Waals surface area contributed by atoms with E-state index in [4.69, 9.17) is 0 Å². The Morgan fingerprint density at radius 2 is 1.71 bits per heavy atom. The maximum Gasteiger partial charge on any atom is 0.255 e. The van der Waals surface area contributed by atoms with Crippen LogP contribution in [0.5, 0.6) is 0 Å². The fourth-order valence-electron chi connectivity index (χ4n) is 3.84. The predicted molar refractivity (Wildman–Crippen MR) is 111 cm³/mol. The van der Waals surface area contributed by atoms with Crippen LogP contribution in [0.3, 0.4) is 0 Å². The Hall–Kier alpha value is -3.01. The Bertz CT molecular complexity index is 886. The number of pyridine rings is 2. The second-order valence-electron chi connectivity index (χ2n) is 7.43. The number of piperidine rings is 1. The van der Waals surface area contributed by atoms with Crippen LogP contribution in [0.15, 0.2) is 73.2 Å². The van der Waals surface area contributed by atoms with Crippen molar-refractivity contribution in [2.75, 3.05) is 13.1 Å². The maximum atomic E-state index is 12.8. The van der Waals surface area contributed by atoms with Gasteiger partial charge in [0.2, 0.25) is 0 Å². The van der Waals surface area contributed by atoms with Gasteiger partial charge >= 0.3 is 0 Å². The molecule has 3 heterocycles. The molecule has 142 valence electrons. The minimum Gasteiger partial charge on any atom is -0.339 e. The Balaban J connectivity index is 1.30. The average molecular weight is 371 g/mol. The largest absolute Gasteiger partial charge is 0.339 e. The van der Waals surface area contributed by atoms with Gasteiger partial charge in [0.1, 0.15) is 0 Å². The third-order valence-corrected chi connectivity index (χ3v) is 5.57. The van der Waals surface area contributed by atoms with Gasteiger partial charge in [0, 0.05) is 37.2 Å². The van der Waals surface area contributed by atoms with E-state index in [1.165, 1.54) is 12.0 Å². The molecule has 0 N–H and O–H groups in total. The highest BCUT2D eigenvalue weighted by atomic mass is 16.2. The number of amides is 1. The topological polar surface area (TPSA) is 46.1 Å².